The van der Waals surface area contributed by atoms with E-state index in [0.717, 1.165) is 25.9 Å². The number of anilines is 1. The van der Waals surface area contributed by atoms with Crippen LogP contribution in [0.25, 0.3) is 0 Å². The second-order valence-corrected chi connectivity index (χ2v) is 8.67. The van der Waals surface area contributed by atoms with Crippen LogP contribution in [0.3, 0.4) is 0 Å². The molecular weight excluding hydrogens is 312 g/mol. The molecule has 6 rings (SSSR count). The summed E-state index contributed by atoms with van der Waals surface area (Å²) in [7, 11) is 1.54. The van der Waals surface area contributed by atoms with Crippen LogP contribution in [0.2, 0.25) is 0 Å². The first-order valence-electron chi connectivity index (χ1n) is 9.49. The van der Waals surface area contributed by atoms with Crippen LogP contribution in [-0.4, -0.2) is 42.6 Å². The van der Waals surface area contributed by atoms with E-state index in [1.807, 2.05) is 0 Å². The van der Waals surface area contributed by atoms with E-state index in [-0.39, 0.29) is 28.3 Å². The molecule has 3 spiro atoms. The van der Waals surface area contributed by atoms with Crippen molar-refractivity contribution in [3.8, 4) is 0 Å². The topological polar surface area (TPSA) is 41.6 Å². The summed E-state index contributed by atoms with van der Waals surface area (Å²) in [5, 5.41) is 3.92. The van der Waals surface area contributed by atoms with Crippen molar-refractivity contribution < 1.29 is 9.53 Å². The summed E-state index contributed by atoms with van der Waals surface area (Å²) in [4.78, 5) is 15.6. The van der Waals surface area contributed by atoms with Crippen molar-refractivity contribution in [2.24, 2.45) is 17.3 Å². The summed E-state index contributed by atoms with van der Waals surface area (Å²) in [6.07, 6.45) is 6.83. The molecule has 3 aliphatic heterocycles. The third kappa shape index (κ3) is 1.19. The minimum Gasteiger partial charge on any atom is -0.469 e. The minimum atomic E-state index is -0.224. The van der Waals surface area contributed by atoms with Crippen molar-refractivity contribution in [1.29, 1.82) is 0 Å². The first-order chi connectivity index (χ1) is 12.1. The zero-order chi connectivity index (χ0) is 17.0. The lowest BCUT2D eigenvalue weighted by Gasteiger charge is -2.50. The monoisotopic (exact) mass is 336 g/mol. The highest BCUT2D eigenvalue weighted by molar-refractivity contribution is 5.82. The molecule has 4 nitrogen and oxygen atoms in total. The number of hydrogen-bond acceptors (Lipinski definition) is 4. The summed E-state index contributed by atoms with van der Waals surface area (Å²) in [5.74, 6) is 0.277. The number of fused-ring (bicyclic) bond motifs is 1. The van der Waals surface area contributed by atoms with Gasteiger partial charge in [-0.3, -0.25) is 9.69 Å². The van der Waals surface area contributed by atoms with E-state index in [9.17, 15) is 4.79 Å². The van der Waals surface area contributed by atoms with E-state index in [1.54, 1.807) is 0 Å². The van der Waals surface area contributed by atoms with Crippen molar-refractivity contribution in [3.63, 3.8) is 0 Å². The highest BCUT2D eigenvalue weighted by Gasteiger charge is 2.85. The van der Waals surface area contributed by atoms with Gasteiger partial charge in [0.15, 0.2) is 0 Å². The molecule has 3 heterocycles. The molecule has 1 aromatic rings. The Kier molecular flexibility index (Phi) is 2.37. The average molecular weight is 336 g/mol. The molecule has 0 amide bonds. The Hall–Kier alpha value is -1.81. The summed E-state index contributed by atoms with van der Waals surface area (Å²) in [6, 6.07) is 9.25. The number of carbonyl (C=O) groups is 1. The molecule has 130 valence electrons. The number of rotatable bonds is 1. The van der Waals surface area contributed by atoms with Crippen LogP contribution in [0.5, 0.6) is 0 Å². The van der Waals surface area contributed by atoms with Crippen LogP contribution in [0.1, 0.15) is 25.3 Å². The van der Waals surface area contributed by atoms with Gasteiger partial charge in [-0.05, 0) is 36.9 Å². The summed E-state index contributed by atoms with van der Waals surface area (Å²) < 4.78 is 5.30. The number of esters is 1. The van der Waals surface area contributed by atoms with Gasteiger partial charge in [0.05, 0.1) is 18.6 Å². The maximum Gasteiger partial charge on any atom is 0.311 e. The first-order valence-corrected chi connectivity index (χ1v) is 9.49. The molecule has 25 heavy (non-hydrogen) atoms. The van der Waals surface area contributed by atoms with Crippen molar-refractivity contribution >= 4 is 11.7 Å². The number of para-hydroxylation sites is 1. The summed E-state index contributed by atoms with van der Waals surface area (Å²) >= 11 is 0. The number of ether oxygens (including phenoxy) is 1. The van der Waals surface area contributed by atoms with Gasteiger partial charge in [0.25, 0.3) is 0 Å². The smallest absolute Gasteiger partial charge is 0.311 e. The van der Waals surface area contributed by atoms with Crippen LogP contribution in [0.15, 0.2) is 36.4 Å². The van der Waals surface area contributed by atoms with E-state index in [0.29, 0.717) is 12.0 Å². The molecule has 5 aliphatic rings. The van der Waals surface area contributed by atoms with Gasteiger partial charge in [-0.2, -0.15) is 0 Å². The summed E-state index contributed by atoms with van der Waals surface area (Å²) in [6.45, 7) is 4.53. The lowest BCUT2D eigenvalue weighted by Crippen LogP contribution is -2.63. The largest absolute Gasteiger partial charge is 0.469 e. The van der Waals surface area contributed by atoms with Gasteiger partial charge in [0.2, 0.25) is 0 Å². The molecule has 1 aromatic carbocycles. The number of benzene rings is 1. The van der Waals surface area contributed by atoms with Gasteiger partial charge >= 0.3 is 5.97 Å². The van der Waals surface area contributed by atoms with Gasteiger partial charge in [-0.1, -0.05) is 37.3 Å². The Morgan fingerprint density at radius 2 is 2.20 bits per heavy atom. The molecule has 0 aromatic heterocycles. The van der Waals surface area contributed by atoms with Crippen LogP contribution < -0.4 is 5.32 Å². The Morgan fingerprint density at radius 1 is 1.36 bits per heavy atom. The fourth-order valence-electron chi connectivity index (χ4n) is 7.93. The number of carbonyl (C=O) groups excluding carboxylic acids is 1. The SMILES string of the molecule is COC(=O)[C@@H]1C[C@]23C=CCN4CC[C@]5(c6ccccc6N[C@@]15[C@H]2C)[C@H]43. The van der Waals surface area contributed by atoms with Crippen LogP contribution in [-0.2, 0) is 14.9 Å². The molecular formula is C21H24N2O2. The van der Waals surface area contributed by atoms with Crippen molar-refractivity contribution in [2.75, 3.05) is 25.5 Å². The predicted octanol–water partition coefficient (Wildman–Crippen LogP) is 2.56. The normalized spacial score (nSPS) is 48.0. The molecule has 2 saturated carbocycles. The highest BCUT2D eigenvalue weighted by atomic mass is 16.5. The van der Waals surface area contributed by atoms with Gasteiger partial charge in [0, 0.05) is 29.1 Å². The average Bonchev–Trinajstić information content (AvgIpc) is 3.29. The summed E-state index contributed by atoms with van der Waals surface area (Å²) in [5.41, 5.74) is 2.53. The quantitative estimate of drug-likeness (QED) is 0.632. The van der Waals surface area contributed by atoms with Crippen LogP contribution >= 0.6 is 0 Å². The predicted molar refractivity (Wildman–Crippen MR) is 95.3 cm³/mol. The van der Waals surface area contributed by atoms with E-state index in [2.05, 4.69) is 53.6 Å². The van der Waals surface area contributed by atoms with E-state index in [4.69, 9.17) is 4.74 Å². The zero-order valence-electron chi connectivity index (χ0n) is 14.8. The maximum absolute atomic E-state index is 12.9. The Morgan fingerprint density at radius 3 is 3.04 bits per heavy atom. The minimum absolute atomic E-state index is 0.0187. The molecule has 1 N–H and O–H groups in total. The third-order valence-corrected chi connectivity index (χ3v) is 8.47. The highest BCUT2D eigenvalue weighted by Crippen LogP contribution is 2.78. The second kappa shape index (κ2) is 4.12. The Balaban J connectivity index is 1.69. The van der Waals surface area contributed by atoms with Crippen molar-refractivity contribution in [2.45, 2.75) is 36.8 Å². The standard InChI is InChI=1S/C21H24N2O2/c1-13-19-8-5-10-23-11-9-20(18(19)23)14-6-3-4-7-16(14)22-21(13,20)15(12-19)17(24)25-2/h3-8,13,15,18,22H,9-12H2,1-2H3/t13-,15-,18+,19+,20-,21-/m0/s1. The van der Waals surface area contributed by atoms with Gasteiger partial charge < -0.3 is 10.1 Å². The van der Waals surface area contributed by atoms with Crippen LogP contribution in [0, 0.1) is 17.3 Å². The molecule has 6 atom stereocenters. The van der Waals surface area contributed by atoms with Crippen LogP contribution in [0.4, 0.5) is 5.69 Å². The van der Waals surface area contributed by atoms with E-state index >= 15 is 0 Å². The molecule has 2 aliphatic carbocycles. The number of nitrogens with one attached hydrogen (secondary N) is 1. The molecule has 3 fully saturated rings. The lowest BCUT2D eigenvalue weighted by molar-refractivity contribution is -0.149. The maximum atomic E-state index is 12.9. The van der Waals surface area contributed by atoms with Gasteiger partial charge in [0.1, 0.15) is 0 Å². The first kappa shape index (κ1) is 14.4. The fraction of sp³-hybridized carbons (Fsp3) is 0.571. The number of hydrogen-bond donors (Lipinski definition) is 1. The fourth-order valence-corrected chi connectivity index (χ4v) is 7.93. The van der Waals surface area contributed by atoms with Crippen molar-refractivity contribution in [3.05, 3.63) is 42.0 Å². The molecule has 2 bridgehead atoms. The lowest BCUT2D eigenvalue weighted by atomic mass is 9.57. The molecule has 0 unspecified atom stereocenters. The zero-order valence-corrected chi connectivity index (χ0v) is 14.8. The third-order valence-electron chi connectivity index (χ3n) is 8.47. The number of methoxy groups -OCH3 is 1. The van der Waals surface area contributed by atoms with Gasteiger partial charge in [-0.15, -0.1) is 0 Å². The molecule has 1 saturated heterocycles. The number of nitrogens with zero attached hydrogens (tertiary/aromatic N) is 1. The Labute approximate surface area is 148 Å². The second-order valence-electron chi connectivity index (χ2n) is 8.67. The van der Waals surface area contributed by atoms with Gasteiger partial charge in [-0.25, -0.2) is 0 Å². The molecule has 4 heteroatoms. The molecule has 0 radical (unpaired) electrons. The van der Waals surface area contributed by atoms with E-state index in [1.165, 1.54) is 18.4 Å². The Bertz CT molecular complexity index is 835. The van der Waals surface area contributed by atoms with E-state index < -0.39 is 0 Å². The van der Waals surface area contributed by atoms with Crippen molar-refractivity contribution in [1.82, 2.24) is 4.90 Å².